The van der Waals surface area contributed by atoms with Crippen molar-refractivity contribution in [2.45, 2.75) is 46.1 Å². The van der Waals surface area contributed by atoms with Gasteiger partial charge in [-0.1, -0.05) is 13.8 Å². The van der Waals surface area contributed by atoms with E-state index >= 15 is 0 Å². The summed E-state index contributed by atoms with van der Waals surface area (Å²) in [5, 5.41) is 3.35. The quantitative estimate of drug-likeness (QED) is 0.641. The van der Waals surface area contributed by atoms with E-state index in [0.29, 0.717) is 12.5 Å². The van der Waals surface area contributed by atoms with Gasteiger partial charge in [0.1, 0.15) is 5.54 Å². The minimum atomic E-state index is -0.559. The fourth-order valence-corrected chi connectivity index (χ4v) is 1.69. The molecule has 0 aliphatic rings. The van der Waals surface area contributed by atoms with Gasteiger partial charge in [0.2, 0.25) is 0 Å². The van der Waals surface area contributed by atoms with E-state index in [-0.39, 0.29) is 5.97 Å². The van der Waals surface area contributed by atoms with E-state index in [2.05, 4.69) is 24.1 Å². The second-order valence-corrected chi connectivity index (χ2v) is 5.72. The molecule has 0 bridgehead atoms. The fourth-order valence-electron chi connectivity index (χ4n) is 1.69. The van der Waals surface area contributed by atoms with Crippen LogP contribution in [0.3, 0.4) is 0 Å². The summed E-state index contributed by atoms with van der Waals surface area (Å²) < 4.78 is 5.18. The maximum absolute atomic E-state index is 12.1. The van der Waals surface area contributed by atoms with Gasteiger partial charge in [0.15, 0.2) is 0 Å². The van der Waals surface area contributed by atoms with Crippen LogP contribution in [0.25, 0.3) is 0 Å². The molecule has 1 unspecified atom stereocenters. The molecule has 18 heavy (non-hydrogen) atoms. The molecule has 0 fully saturated rings. The number of carbonyl (C=O) groups excluding carboxylic acids is 1. The summed E-state index contributed by atoms with van der Waals surface area (Å²) >= 11 is 0. The van der Waals surface area contributed by atoms with Crippen LogP contribution >= 0.6 is 0 Å². The Hall–Kier alpha value is -0.610. The number of nitrogens with one attached hydrogen (secondary N) is 1. The zero-order valence-corrected chi connectivity index (χ0v) is 12.9. The fraction of sp³-hybridized carbons (Fsp3) is 0.929. The van der Waals surface area contributed by atoms with Crippen LogP contribution < -0.4 is 5.32 Å². The van der Waals surface area contributed by atoms with E-state index in [1.807, 2.05) is 27.9 Å². The Morgan fingerprint density at radius 3 is 2.44 bits per heavy atom. The van der Waals surface area contributed by atoms with Crippen molar-refractivity contribution < 1.29 is 9.53 Å². The zero-order valence-electron chi connectivity index (χ0n) is 12.9. The number of ether oxygens (including phenoxy) is 1. The first-order valence-electron chi connectivity index (χ1n) is 6.88. The van der Waals surface area contributed by atoms with E-state index in [0.717, 1.165) is 25.9 Å². The minimum Gasteiger partial charge on any atom is -0.465 e. The number of nitrogens with zero attached hydrogens (tertiary/aromatic N) is 1. The summed E-state index contributed by atoms with van der Waals surface area (Å²) in [6.45, 7) is 10.3. The van der Waals surface area contributed by atoms with Crippen molar-refractivity contribution in [3.63, 3.8) is 0 Å². The van der Waals surface area contributed by atoms with Gasteiger partial charge in [-0.2, -0.15) is 0 Å². The standard InChI is InChI=1S/C14H30N2O2/c1-7-18-13(17)14(4,9-8-12(2)3)15-10-11-16(5)6/h12,15H,7-11H2,1-6H3. The van der Waals surface area contributed by atoms with Crippen LogP contribution in [0.15, 0.2) is 0 Å². The normalized spacial score (nSPS) is 14.9. The van der Waals surface area contributed by atoms with Crippen LogP contribution in [0.1, 0.15) is 40.5 Å². The second-order valence-electron chi connectivity index (χ2n) is 5.72. The molecule has 0 aromatic rings. The van der Waals surface area contributed by atoms with Crippen LogP contribution in [0.2, 0.25) is 0 Å². The molecule has 0 aromatic heterocycles. The lowest BCUT2D eigenvalue weighted by Crippen LogP contribution is -2.52. The zero-order chi connectivity index (χ0) is 14.2. The number of rotatable bonds is 9. The summed E-state index contributed by atoms with van der Waals surface area (Å²) in [4.78, 5) is 14.2. The lowest BCUT2D eigenvalue weighted by atomic mass is 9.92. The SMILES string of the molecule is CCOC(=O)C(C)(CCC(C)C)NCCN(C)C. The van der Waals surface area contributed by atoms with Gasteiger partial charge in [-0.3, -0.25) is 4.79 Å². The van der Waals surface area contributed by atoms with Gasteiger partial charge in [0.25, 0.3) is 0 Å². The third-order valence-electron chi connectivity index (χ3n) is 3.02. The number of hydrogen-bond acceptors (Lipinski definition) is 4. The minimum absolute atomic E-state index is 0.135. The largest absolute Gasteiger partial charge is 0.465 e. The van der Waals surface area contributed by atoms with Gasteiger partial charge < -0.3 is 15.0 Å². The second kappa shape index (κ2) is 8.48. The van der Waals surface area contributed by atoms with Crippen LogP contribution in [-0.4, -0.2) is 50.2 Å². The average Bonchev–Trinajstić information content (AvgIpc) is 2.26. The van der Waals surface area contributed by atoms with Crippen molar-refractivity contribution >= 4 is 5.97 Å². The van der Waals surface area contributed by atoms with Gasteiger partial charge in [-0.15, -0.1) is 0 Å². The third kappa shape index (κ3) is 6.97. The molecule has 0 aliphatic heterocycles. The molecule has 0 spiro atoms. The first kappa shape index (κ1) is 17.4. The Labute approximate surface area is 112 Å². The van der Waals surface area contributed by atoms with E-state index in [4.69, 9.17) is 4.74 Å². The van der Waals surface area contributed by atoms with E-state index in [1.54, 1.807) is 0 Å². The lowest BCUT2D eigenvalue weighted by molar-refractivity contribution is -0.151. The van der Waals surface area contributed by atoms with Crippen LogP contribution in [0, 0.1) is 5.92 Å². The van der Waals surface area contributed by atoms with Crippen molar-refractivity contribution in [1.82, 2.24) is 10.2 Å². The molecule has 0 amide bonds. The van der Waals surface area contributed by atoms with Gasteiger partial charge in [-0.05, 0) is 46.7 Å². The molecule has 0 saturated heterocycles. The van der Waals surface area contributed by atoms with Crippen molar-refractivity contribution in [3.05, 3.63) is 0 Å². The molecule has 0 aliphatic carbocycles. The highest BCUT2D eigenvalue weighted by Gasteiger charge is 2.33. The van der Waals surface area contributed by atoms with Crippen LogP contribution in [0.5, 0.6) is 0 Å². The summed E-state index contributed by atoms with van der Waals surface area (Å²) in [6.07, 6.45) is 1.83. The Kier molecular flexibility index (Phi) is 8.20. The highest BCUT2D eigenvalue weighted by molar-refractivity contribution is 5.80. The van der Waals surface area contributed by atoms with Gasteiger partial charge in [-0.25, -0.2) is 0 Å². The van der Waals surface area contributed by atoms with Crippen molar-refractivity contribution in [3.8, 4) is 0 Å². The number of carbonyl (C=O) groups is 1. The number of esters is 1. The summed E-state index contributed by atoms with van der Waals surface area (Å²) in [5.41, 5.74) is -0.559. The highest BCUT2D eigenvalue weighted by Crippen LogP contribution is 2.18. The molecule has 0 rings (SSSR count). The molecule has 4 heteroatoms. The molecule has 0 aromatic carbocycles. The van der Waals surface area contributed by atoms with Gasteiger partial charge >= 0.3 is 5.97 Å². The maximum atomic E-state index is 12.1. The topological polar surface area (TPSA) is 41.6 Å². The summed E-state index contributed by atoms with van der Waals surface area (Å²) in [5.74, 6) is 0.457. The highest BCUT2D eigenvalue weighted by atomic mass is 16.5. The molecule has 0 saturated carbocycles. The van der Waals surface area contributed by atoms with Crippen molar-refractivity contribution in [1.29, 1.82) is 0 Å². The lowest BCUT2D eigenvalue weighted by Gasteiger charge is -2.30. The Balaban J connectivity index is 4.43. The predicted octanol–water partition coefficient (Wildman–Crippen LogP) is 1.90. The Morgan fingerprint density at radius 1 is 1.39 bits per heavy atom. The van der Waals surface area contributed by atoms with E-state index < -0.39 is 5.54 Å². The summed E-state index contributed by atoms with van der Waals surface area (Å²) in [6, 6.07) is 0. The molecule has 1 atom stereocenters. The van der Waals surface area contributed by atoms with Gasteiger partial charge in [0, 0.05) is 13.1 Å². The van der Waals surface area contributed by atoms with Gasteiger partial charge in [0.05, 0.1) is 6.61 Å². The van der Waals surface area contributed by atoms with Crippen LogP contribution in [0.4, 0.5) is 0 Å². The Bertz CT molecular complexity index is 242. The molecular formula is C14H30N2O2. The van der Waals surface area contributed by atoms with Crippen molar-refractivity contribution in [2.24, 2.45) is 5.92 Å². The number of likely N-dealkylation sites (N-methyl/N-ethyl adjacent to an activating group) is 1. The first-order valence-corrected chi connectivity index (χ1v) is 6.88. The summed E-state index contributed by atoms with van der Waals surface area (Å²) in [7, 11) is 4.05. The van der Waals surface area contributed by atoms with Crippen LogP contribution in [-0.2, 0) is 9.53 Å². The predicted molar refractivity (Wildman–Crippen MR) is 75.7 cm³/mol. The van der Waals surface area contributed by atoms with Crippen molar-refractivity contribution in [2.75, 3.05) is 33.8 Å². The molecule has 1 N–H and O–H groups in total. The first-order chi connectivity index (χ1) is 8.31. The molecular weight excluding hydrogens is 228 g/mol. The smallest absolute Gasteiger partial charge is 0.326 e. The van der Waals surface area contributed by atoms with E-state index in [1.165, 1.54) is 0 Å². The monoisotopic (exact) mass is 258 g/mol. The molecule has 4 nitrogen and oxygen atoms in total. The van der Waals surface area contributed by atoms with E-state index in [9.17, 15) is 4.79 Å². The Morgan fingerprint density at radius 2 is 2.00 bits per heavy atom. The third-order valence-corrected chi connectivity index (χ3v) is 3.02. The maximum Gasteiger partial charge on any atom is 0.326 e. The molecule has 108 valence electrons. The molecule has 0 heterocycles. The average molecular weight is 258 g/mol. The molecule has 0 radical (unpaired) electrons. The number of hydrogen-bond donors (Lipinski definition) is 1.